The summed E-state index contributed by atoms with van der Waals surface area (Å²) < 4.78 is 11.8. The van der Waals surface area contributed by atoms with Crippen LogP contribution in [0.1, 0.15) is 54.4 Å². The second kappa shape index (κ2) is 4.50. The second-order valence-electron chi connectivity index (χ2n) is 5.70. The van der Waals surface area contributed by atoms with Crippen LogP contribution in [0.4, 0.5) is 0 Å². The first kappa shape index (κ1) is 13.7. The van der Waals surface area contributed by atoms with Gasteiger partial charge in [-0.05, 0) is 33.5 Å². The number of hydrogen-bond acceptors (Lipinski definition) is 3. The van der Waals surface area contributed by atoms with E-state index in [-0.39, 0.29) is 29.9 Å². The summed E-state index contributed by atoms with van der Waals surface area (Å²) in [6.07, 6.45) is 1.12. The normalized spacial score (nSPS) is 24.5. The predicted octanol–water partition coefficient (Wildman–Crippen LogP) is 2.84. The maximum atomic E-state index is 11.4. The van der Waals surface area contributed by atoms with Crippen molar-refractivity contribution >= 4 is 12.9 Å². The van der Waals surface area contributed by atoms with Gasteiger partial charge in [0.05, 0.1) is 11.2 Å². The van der Waals surface area contributed by atoms with Crippen LogP contribution in [0.3, 0.4) is 0 Å². The lowest BCUT2D eigenvalue weighted by molar-refractivity contribution is -0.118. The fourth-order valence-electron chi connectivity index (χ4n) is 1.72. The van der Waals surface area contributed by atoms with E-state index in [0.717, 1.165) is 0 Å². The van der Waals surface area contributed by atoms with Crippen molar-refractivity contribution in [3.8, 4) is 0 Å². The minimum Gasteiger partial charge on any atom is -0.403 e. The molecule has 0 aromatic heterocycles. The van der Waals surface area contributed by atoms with Gasteiger partial charge < -0.3 is 9.31 Å². The highest BCUT2D eigenvalue weighted by Gasteiger charge is 2.52. The SMILES string of the molecule is CCC(=O)C[C@@H](C)B1OC(C)(C)C(C)(C)O1. The van der Waals surface area contributed by atoms with Crippen molar-refractivity contribution in [2.24, 2.45) is 0 Å². The molecule has 0 spiro atoms. The summed E-state index contributed by atoms with van der Waals surface area (Å²) in [5, 5.41) is 0. The second-order valence-corrected chi connectivity index (χ2v) is 5.70. The Morgan fingerprint density at radius 1 is 1.19 bits per heavy atom. The average Bonchev–Trinajstić information content (AvgIpc) is 2.36. The van der Waals surface area contributed by atoms with Crippen LogP contribution in [0.2, 0.25) is 5.82 Å². The molecule has 0 N–H and O–H groups in total. The molecule has 92 valence electrons. The van der Waals surface area contributed by atoms with E-state index in [0.29, 0.717) is 12.8 Å². The fourth-order valence-corrected chi connectivity index (χ4v) is 1.72. The lowest BCUT2D eigenvalue weighted by Gasteiger charge is -2.32. The first-order valence-electron chi connectivity index (χ1n) is 6.07. The van der Waals surface area contributed by atoms with Gasteiger partial charge in [0.15, 0.2) is 0 Å². The fraction of sp³-hybridized carbons (Fsp3) is 0.917. The highest BCUT2D eigenvalue weighted by molar-refractivity contribution is 6.47. The molecule has 0 aromatic rings. The quantitative estimate of drug-likeness (QED) is 0.691. The number of ketones is 1. The zero-order valence-electron chi connectivity index (χ0n) is 11.3. The third kappa shape index (κ3) is 2.66. The monoisotopic (exact) mass is 226 g/mol. The molecule has 0 aliphatic carbocycles. The van der Waals surface area contributed by atoms with Gasteiger partial charge in [-0.25, -0.2) is 0 Å². The molecule has 1 fully saturated rings. The standard InChI is InChI=1S/C12H23BO3/c1-7-10(14)8-9(2)13-15-11(3,4)12(5,6)16-13/h9H,7-8H2,1-6H3/t9-/m1/s1. The topological polar surface area (TPSA) is 35.5 Å². The maximum absolute atomic E-state index is 11.4. The van der Waals surface area contributed by atoms with E-state index < -0.39 is 0 Å². The van der Waals surface area contributed by atoms with Gasteiger partial charge in [-0.1, -0.05) is 13.8 Å². The molecule has 1 saturated heterocycles. The Bertz CT molecular complexity index is 257. The summed E-state index contributed by atoms with van der Waals surface area (Å²) in [6.45, 7) is 12.0. The molecular formula is C12H23BO3. The van der Waals surface area contributed by atoms with Crippen molar-refractivity contribution in [3.63, 3.8) is 0 Å². The lowest BCUT2D eigenvalue weighted by Crippen LogP contribution is -2.41. The minimum absolute atomic E-state index is 0.119. The third-order valence-corrected chi connectivity index (χ3v) is 3.68. The summed E-state index contributed by atoms with van der Waals surface area (Å²) in [5.41, 5.74) is -0.609. The highest BCUT2D eigenvalue weighted by atomic mass is 16.7. The number of Topliss-reactive ketones (excluding diaryl/α,β-unsaturated/α-hetero) is 1. The molecule has 1 rings (SSSR count). The van der Waals surface area contributed by atoms with Crippen LogP contribution in [0, 0.1) is 0 Å². The van der Waals surface area contributed by atoms with Gasteiger partial charge in [0.1, 0.15) is 5.78 Å². The van der Waals surface area contributed by atoms with Crippen LogP contribution in [0.15, 0.2) is 0 Å². The molecule has 4 heteroatoms. The molecule has 0 radical (unpaired) electrons. The van der Waals surface area contributed by atoms with Gasteiger partial charge in [0.25, 0.3) is 0 Å². The lowest BCUT2D eigenvalue weighted by atomic mass is 9.70. The van der Waals surface area contributed by atoms with Crippen LogP contribution in [0.25, 0.3) is 0 Å². The zero-order chi connectivity index (χ0) is 12.6. The Morgan fingerprint density at radius 2 is 1.62 bits per heavy atom. The molecule has 3 nitrogen and oxygen atoms in total. The first-order valence-corrected chi connectivity index (χ1v) is 6.07. The molecule has 1 aliphatic rings. The van der Waals surface area contributed by atoms with E-state index in [2.05, 4.69) is 0 Å². The van der Waals surface area contributed by atoms with Crippen LogP contribution in [0.5, 0.6) is 0 Å². The highest BCUT2D eigenvalue weighted by Crippen LogP contribution is 2.40. The van der Waals surface area contributed by atoms with E-state index in [4.69, 9.17) is 9.31 Å². The van der Waals surface area contributed by atoms with Crippen LogP contribution < -0.4 is 0 Å². The van der Waals surface area contributed by atoms with Crippen LogP contribution in [-0.4, -0.2) is 24.1 Å². The van der Waals surface area contributed by atoms with Crippen molar-refractivity contribution in [2.45, 2.75) is 71.4 Å². The van der Waals surface area contributed by atoms with E-state index in [1.165, 1.54) is 0 Å². The van der Waals surface area contributed by atoms with Crippen molar-refractivity contribution < 1.29 is 14.1 Å². The summed E-state index contributed by atoms with van der Waals surface area (Å²) in [7, 11) is -0.263. The van der Waals surface area contributed by atoms with Crippen LogP contribution in [-0.2, 0) is 14.1 Å². The summed E-state index contributed by atoms with van der Waals surface area (Å²) >= 11 is 0. The number of rotatable bonds is 4. The van der Waals surface area contributed by atoms with Crippen LogP contribution >= 0.6 is 0 Å². The number of carbonyl (C=O) groups excluding carboxylic acids is 1. The number of hydrogen-bond donors (Lipinski definition) is 0. The van der Waals surface area contributed by atoms with Gasteiger partial charge in [-0.15, -0.1) is 0 Å². The average molecular weight is 226 g/mol. The van der Waals surface area contributed by atoms with Crippen molar-refractivity contribution in [3.05, 3.63) is 0 Å². The third-order valence-electron chi connectivity index (χ3n) is 3.68. The molecule has 0 unspecified atom stereocenters. The molecule has 1 atom stereocenters. The maximum Gasteiger partial charge on any atom is 0.461 e. The van der Waals surface area contributed by atoms with E-state index in [9.17, 15) is 4.79 Å². The van der Waals surface area contributed by atoms with Gasteiger partial charge in [0, 0.05) is 12.8 Å². The predicted molar refractivity (Wildman–Crippen MR) is 65.4 cm³/mol. The minimum atomic E-state index is -0.304. The smallest absolute Gasteiger partial charge is 0.403 e. The van der Waals surface area contributed by atoms with Gasteiger partial charge in [-0.3, -0.25) is 4.79 Å². The Morgan fingerprint density at radius 3 is 2.00 bits per heavy atom. The summed E-state index contributed by atoms with van der Waals surface area (Å²) in [5.74, 6) is 0.385. The van der Waals surface area contributed by atoms with E-state index >= 15 is 0 Å². The molecule has 0 saturated carbocycles. The van der Waals surface area contributed by atoms with Crippen molar-refractivity contribution in [1.29, 1.82) is 0 Å². The zero-order valence-corrected chi connectivity index (χ0v) is 11.3. The van der Waals surface area contributed by atoms with Gasteiger partial charge >= 0.3 is 7.12 Å². The van der Waals surface area contributed by atoms with E-state index in [1.807, 2.05) is 41.5 Å². The molecule has 16 heavy (non-hydrogen) atoms. The van der Waals surface area contributed by atoms with Crippen molar-refractivity contribution in [2.75, 3.05) is 0 Å². The Balaban J connectivity index is 2.62. The van der Waals surface area contributed by atoms with Gasteiger partial charge in [-0.2, -0.15) is 0 Å². The Labute approximate surface area is 99.0 Å². The molecule has 0 amide bonds. The Kier molecular flexibility index (Phi) is 3.85. The van der Waals surface area contributed by atoms with Crippen molar-refractivity contribution in [1.82, 2.24) is 0 Å². The Hall–Kier alpha value is -0.345. The van der Waals surface area contributed by atoms with E-state index in [1.54, 1.807) is 0 Å². The largest absolute Gasteiger partial charge is 0.461 e. The first-order chi connectivity index (χ1) is 7.19. The summed E-state index contributed by atoms with van der Waals surface area (Å²) in [6, 6.07) is 0. The molecule has 1 heterocycles. The number of carbonyl (C=O) groups is 1. The van der Waals surface area contributed by atoms with Gasteiger partial charge in [0.2, 0.25) is 0 Å². The molecular weight excluding hydrogens is 203 g/mol. The molecule has 0 bridgehead atoms. The molecule has 0 aromatic carbocycles. The molecule has 1 aliphatic heterocycles. The summed E-state index contributed by atoms with van der Waals surface area (Å²) in [4.78, 5) is 11.4.